The number of aryl methyl sites for hydroxylation is 1. The number of fused-ring (bicyclic) bond motifs is 2. The summed E-state index contributed by atoms with van der Waals surface area (Å²) >= 11 is 0. The molecule has 2 aliphatic heterocycles. The summed E-state index contributed by atoms with van der Waals surface area (Å²) in [7, 11) is 1.98. The summed E-state index contributed by atoms with van der Waals surface area (Å²) in [5, 5.41) is 6.95. The maximum atomic E-state index is 13.0. The molecule has 124 valence electrons. The van der Waals surface area contributed by atoms with Gasteiger partial charge in [-0.3, -0.25) is 9.48 Å². The summed E-state index contributed by atoms with van der Waals surface area (Å²) in [6.45, 7) is 0. The zero-order valence-electron chi connectivity index (χ0n) is 13.4. The second kappa shape index (κ2) is 4.97. The Hall–Kier alpha value is -2.05. The Labute approximate surface area is 135 Å². The number of hydrogen-bond donors (Lipinski definition) is 2. The topological polar surface area (TPSA) is 93.2 Å². The van der Waals surface area contributed by atoms with E-state index in [-0.39, 0.29) is 18.0 Å². The quantitative estimate of drug-likeness (QED) is 0.866. The fourth-order valence-corrected chi connectivity index (χ4v) is 4.53. The fourth-order valence-electron chi connectivity index (χ4n) is 4.53. The van der Waals surface area contributed by atoms with E-state index in [9.17, 15) is 9.59 Å². The van der Waals surface area contributed by atoms with E-state index in [4.69, 9.17) is 5.73 Å². The number of primary amides is 1. The first-order chi connectivity index (χ1) is 11.0. The highest BCUT2D eigenvalue weighted by Crippen LogP contribution is 2.47. The molecule has 1 saturated carbocycles. The maximum Gasteiger partial charge on any atom is 0.313 e. The number of nitrogens with zero attached hydrogens (tertiary/aromatic N) is 3. The zero-order chi connectivity index (χ0) is 16.2. The third-order valence-electron chi connectivity index (χ3n) is 5.77. The van der Waals surface area contributed by atoms with E-state index in [1.807, 2.05) is 17.9 Å². The van der Waals surface area contributed by atoms with Crippen molar-refractivity contribution in [1.82, 2.24) is 20.0 Å². The minimum absolute atomic E-state index is 0.0762. The van der Waals surface area contributed by atoms with E-state index in [1.165, 1.54) is 5.69 Å². The van der Waals surface area contributed by atoms with E-state index >= 15 is 0 Å². The summed E-state index contributed by atoms with van der Waals surface area (Å²) in [5.41, 5.74) is 5.78. The Morgan fingerprint density at radius 3 is 2.43 bits per heavy atom. The highest BCUT2D eigenvalue weighted by atomic mass is 16.2. The number of nitrogens with one attached hydrogen (secondary N) is 1. The average Bonchev–Trinajstić information content (AvgIpc) is 3.06. The van der Waals surface area contributed by atoms with Crippen molar-refractivity contribution >= 4 is 11.9 Å². The van der Waals surface area contributed by atoms with Crippen molar-refractivity contribution in [2.45, 2.75) is 62.1 Å². The van der Waals surface area contributed by atoms with E-state index < -0.39 is 11.6 Å². The molecule has 3 amide bonds. The van der Waals surface area contributed by atoms with Crippen LogP contribution < -0.4 is 11.1 Å². The molecule has 2 saturated heterocycles. The fraction of sp³-hybridized carbons (Fsp3) is 0.688. The third kappa shape index (κ3) is 2.29. The van der Waals surface area contributed by atoms with Crippen molar-refractivity contribution in [2.24, 2.45) is 12.8 Å². The highest BCUT2D eigenvalue weighted by molar-refractivity contribution is 5.94. The Morgan fingerprint density at radius 1 is 1.30 bits per heavy atom. The Bertz CT molecular complexity index is 637. The van der Waals surface area contributed by atoms with Crippen molar-refractivity contribution in [1.29, 1.82) is 0 Å². The van der Waals surface area contributed by atoms with Crippen LogP contribution in [0.2, 0.25) is 0 Å². The monoisotopic (exact) mass is 317 g/mol. The van der Waals surface area contributed by atoms with E-state index in [2.05, 4.69) is 21.4 Å². The van der Waals surface area contributed by atoms with Gasteiger partial charge in [-0.15, -0.1) is 0 Å². The van der Waals surface area contributed by atoms with Crippen molar-refractivity contribution in [3.8, 4) is 0 Å². The minimum Gasteiger partial charge on any atom is -0.352 e. The normalized spacial score (nSPS) is 31.0. The molecule has 2 bridgehead atoms. The molecule has 3 N–H and O–H groups in total. The molecule has 4 rings (SSSR count). The molecule has 1 aromatic heterocycles. The second-order valence-corrected chi connectivity index (χ2v) is 7.22. The van der Waals surface area contributed by atoms with Gasteiger partial charge in [-0.25, -0.2) is 4.79 Å². The highest BCUT2D eigenvalue weighted by Gasteiger charge is 2.57. The van der Waals surface area contributed by atoms with Gasteiger partial charge in [-0.2, -0.15) is 5.10 Å². The molecule has 2 unspecified atom stereocenters. The first-order valence-corrected chi connectivity index (χ1v) is 8.38. The number of hydrogen-bond acceptors (Lipinski definition) is 3. The molecule has 3 fully saturated rings. The number of amides is 3. The molecular weight excluding hydrogens is 294 g/mol. The molecule has 7 heteroatoms. The van der Waals surface area contributed by atoms with Crippen LogP contribution in [0.15, 0.2) is 12.3 Å². The van der Waals surface area contributed by atoms with Crippen LogP contribution in [-0.2, 0) is 11.8 Å². The molecular formula is C16H23N5O2. The predicted molar refractivity (Wildman–Crippen MR) is 83.5 cm³/mol. The van der Waals surface area contributed by atoms with Crippen LogP contribution >= 0.6 is 0 Å². The summed E-state index contributed by atoms with van der Waals surface area (Å²) in [6, 6.07) is 2.02. The number of carbonyl (C=O) groups is 2. The lowest BCUT2D eigenvalue weighted by atomic mass is 9.87. The van der Waals surface area contributed by atoms with Crippen molar-refractivity contribution < 1.29 is 9.59 Å². The number of nitrogens with two attached hydrogens (primary N) is 1. The lowest BCUT2D eigenvalue weighted by Crippen LogP contribution is -2.57. The van der Waals surface area contributed by atoms with E-state index in [0.717, 1.165) is 25.7 Å². The largest absolute Gasteiger partial charge is 0.352 e. The smallest absolute Gasteiger partial charge is 0.313 e. The Balaban J connectivity index is 1.52. The van der Waals surface area contributed by atoms with Gasteiger partial charge in [-0.05, 0) is 44.6 Å². The van der Waals surface area contributed by atoms with Gasteiger partial charge in [0.2, 0.25) is 5.91 Å². The summed E-state index contributed by atoms with van der Waals surface area (Å²) in [6.07, 6.45) is 7.31. The van der Waals surface area contributed by atoms with Crippen LogP contribution in [0.1, 0.15) is 50.1 Å². The molecule has 0 aromatic carbocycles. The van der Waals surface area contributed by atoms with Crippen molar-refractivity contribution in [3.05, 3.63) is 18.0 Å². The number of piperidine rings is 1. The van der Waals surface area contributed by atoms with Gasteiger partial charge in [0.25, 0.3) is 0 Å². The van der Waals surface area contributed by atoms with Gasteiger partial charge < -0.3 is 16.0 Å². The van der Waals surface area contributed by atoms with Crippen LogP contribution in [0.3, 0.4) is 0 Å². The molecule has 0 radical (unpaired) electrons. The molecule has 1 aromatic rings. The summed E-state index contributed by atoms with van der Waals surface area (Å²) in [4.78, 5) is 26.2. The maximum absolute atomic E-state index is 13.0. The molecule has 2 atom stereocenters. The second-order valence-electron chi connectivity index (χ2n) is 7.22. The van der Waals surface area contributed by atoms with Crippen LogP contribution in [0.25, 0.3) is 0 Å². The predicted octanol–water partition coefficient (Wildman–Crippen LogP) is 0.858. The van der Waals surface area contributed by atoms with Gasteiger partial charge in [0.1, 0.15) is 5.54 Å². The average molecular weight is 317 g/mol. The molecule has 1 aliphatic carbocycles. The van der Waals surface area contributed by atoms with Crippen LogP contribution in [-0.4, -0.2) is 44.2 Å². The minimum atomic E-state index is -0.716. The molecule has 3 aliphatic rings. The zero-order valence-corrected chi connectivity index (χ0v) is 13.4. The van der Waals surface area contributed by atoms with Crippen LogP contribution in [0.4, 0.5) is 4.79 Å². The number of urea groups is 1. The lowest BCUT2D eigenvalue weighted by molar-refractivity contribution is -0.139. The van der Waals surface area contributed by atoms with Crippen LogP contribution in [0.5, 0.6) is 0 Å². The number of rotatable bonds is 3. The third-order valence-corrected chi connectivity index (χ3v) is 5.77. The Kier molecular flexibility index (Phi) is 3.14. The van der Waals surface area contributed by atoms with E-state index in [1.54, 1.807) is 0 Å². The molecule has 7 nitrogen and oxygen atoms in total. The van der Waals surface area contributed by atoms with Crippen LogP contribution in [0, 0.1) is 0 Å². The van der Waals surface area contributed by atoms with Crippen molar-refractivity contribution in [2.75, 3.05) is 0 Å². The lowest BCUT2D eigenvalue weighted by Gasteiger charge is -2.40. The Morgan fingerprint density at radius 2 is 1.96 bits per heavy atom. The van der Waals surface area contributed by atoms with Gasteiger partial charge >= 0.3 is 6.03 Å². The van der Waals surface area contributed by atoms with Gasteiger partial charge in [0.15, 0.2) is 0 Å². The molecule has 3 heterocycles. The first-order valence-electron chi connectivity index (χ1n) is 8.38. The SMILES string of the molecule is Cn1nccc1C1CC2CCC(C1)N2C(=O)C1(NC(N)=O)CC1. The van der Waals surface area contributed by atoms with Gasteiger partial charge in [-0.1, -0.05) is 0 Å². The van der Waals surface area contributed by atoms with Gasteiger partial charge in [0, 0.05) is 36.9 Å². The molecule has 23 heavy (non-hydrogen) atoms. The van der Waals surface area contributed by atoms with Crippen molar-refractivity contribution in [3.63, 3.8) is 0 Å². The van der Waals surface area contributed by atoms with E-state index in [0.29, 0.717) is 18.8 Å². The molecule has 0 spiro atoms. The summed E-state index contributed by atoms with van der Waals surface area (Å²) < 4.78 is 1.94. The summed E-state index contributed by atoms with van der Waals surface area (Å²) in [5.74, 6) is 0.538. The first kappa shape index (κ1) is 14.5. The standard InChI is InChI=1S/C16H23N5O2/c1-20-13(4-7-18-20)10-8-11-2-3-12(9-10)21(11)14(22)16(5-6-16)19-15(17)23/h4,7,10-12H,2-3,5-6,8-9H2,1H3,(H3,17,19,23). The number of carbonyl (C=O) groups excluding carboxylic acids is 2. The van der Waals surface area contributed by atoms with Gasteiger partial charge in [0.05, 0.1) is 0 Å². The number of aromatic nitrogens is 2.